The zero-order chi connectivity index (χ0) is 12.1. The third-order valence-corrected chi connectivity index (χ3v) is 4.74. The van der Waals surface area contributed by atoms with Crippen molar-refractivity contribution in [3.8, 4) is 0 Å². The normalized spacial score (nSPS) is 36.0. The Hall–Kier alpha value is -0.0800. The van der Waals surface area contributed by atoms with Gasteiger partial charge in [-0.3, -0.25) is 0 Å². The van der Waals surface area contributed by atoms with Crippen LogP contribution in [0, 0.1) is 11.3 Å². The van der Waals surface area contributed by atoms with Crippen LogP contribution in [-0.4, -0.2) is 38.1 Å². The molecule has 1 aliphatic heterocycles. The van der Waals surface area contributed by atoms with Crippen LogP contribution in [0.5, 0.6) is 0 Å². The SMILES string of the molecule is CNCC1(CN2CCCCC2)CCCC(C)C1. The summed E-state index contributed by atoms with van der Waals surface area (Å²) < 4.78 is 0. The van der Waals surface area contributed by atoms with E-state index in [1.54, 1.807) is 0 Å². The van der Waals surface area contributed by atoms with Gasteiger partial charge in [0.1, 0.15) is 0 Å². The van der Waals surface area contributed by atoms with Gasteiger partial charge in [-0.15, -0.1) is 0 Å². The van der Waals surface area contributed by atoms with Crippen LogP contribution in [0.4, 0.5) is 0 Å². The molecule has 1 heterocycles. The first kappa shape index (κ1) is 13.4. The lowest BCUT2D eigenvalue weighted by molar-refractivity contribution is 0.0721. The Bertz CT molecular complexity index is 219. The van der Waals surface area contributed by atoms with Crippen molar-refractivity contribution in [2.45, 2.75) is 51.9 Å². The van der Waals surface area contributed by atoms with E-state index in [1.165, 1.54) is 71.1 Å². The molecule has 1 aliphatic carbocycles. The number of rotatable bonds is 4. The van der Waals surface area contributed by atoms with E-state index in [0.29, 0.717) is 5.41 Å². The van der Waals surface area contributed by atoms with E-state index in [-0.39, 0.29) is 0 Å². The van der Waals surface area contributed by atoms with E-state index >= 15 is 0 Å². The van der Waals surface area contributed by atoms with Gasteiger partial charge in [-0.05, 0) is 57.2 Å². The van der Waals surface area contributed by atoms with Gasteiger partial charge in [0, 0.05) is 13.1 Å². The highest BCUT2D eigenvalue weighted by molar-refractivity contribution is 4.90. The predicted octanol–water partition coefficient (Wildman–Crippen LogP) is 2.89. The van der Waals surface area contributed by atoms with Crippen LogP contribution in [0.3, 0.4) is 0 Å². The molecule has 2 fully saturated rings. The number of piperidine rings is 1. The Morgan fingerprint density at radius 3 is 2.59 bits per heavy atom. The number of hydrogen-bond donors (Lipinski definition) is 1. The highest BCUT2D eigenvalue weighted by Gasteiger charge is 2.36. The van der Waals surface area contributed by atoms with Gasteiger partial charge in [0.2, 0.25) is 0 Å². The van der Waals surface area contributed by atoms with E-state index < -0.39 is 0 Å². The molecule has 2 rings (SSSR count). The fourth-order valence-corrected chi connectivity index (χ4v) is 4.10. The largest absolute Gasteiger partial charge is 0.319 e. The van der Waals surface area contributed by atoms with Gasteiger partial charge in [-0.1, -0.05) is 26.2 Å². The van der Waals surface area contributed by atoms with Crippen molar-refractivity contribution in [1.82, 2.24) is 10.2 Å². The van der Waals surface area contributed by atoms with Gasteiger partial charge in [0.05, 0.1) is 0 Å². The van der Waals surface area contributed by atoms with E-state index in [9.17, 15) is 0 Å². The number of likely N-dealkylation sites (tertiary alicyclic amines) is 1. The van der Waals surface area contributed by atoms with Crippen molar-refractivity contribution in [2.75, 3.05) is 33.2 Å². The quantitative estimate of drug-likeness (QED) is 0.810. The highest BCUT2D eigenvalue weighted by atomic mass is 15.1. The van der Waals surface area contributed by atoms with Gasteiger partial charge in [-0.2, -0.15) is 0 Å². The van der Waals surface area contributed by atoms with Crippen LogP contribution in [0.15, 0.2) is 0 Å². The minimum atomic E-state index is 0.573. The molecule has 1 N–H and O–H groups in total. The maximum absolute atomic E-state index is 3.46. The second kappa shape index (κ2) is 6.19. The molecule has 0 spiro atoms. The lowest BCUT2D eigenvalue weighted by Gasteiger charge is -2.44. The molecule has 2 atom stereocenters. The number of hydrogen-bond acceptors (Lipinski definition) is 2. The first-order valence-corrected chi connectivity index (χ1v) is 7.61. The molecular formula is C15H30N2. The van der Waals surface area contributed by atoms with E-state index in [2.05, 4.69) is 24.2 Å². The summed E-state index contributed by atoms with van der Waals surface area (Å²) in [7, 11) is 2.12. The summed E-state index contributed by atoms with van der Waals surface area (Å²) in [5.41, 5.74) is 0.573. The lowest BCUT2D eigenvalue weighted by Crippen LogP contribution is -2.47. The average Bonchev–Trinajstić information content (AvgIpc) is 2.30. The molecule has 2 unspecified atom stereocenters. The smallest absolute Gasteiger partial charge is 0.00502 e. The van der Waals surface area contributed by atoms with E-state index in [1.807, 2.05) is 0 Å². The Balaban J connectivity index is 1.94. The summed E-state index contributed by atoms with van der Waals surface area (Å²) in [4.78, 5) is 2.74. The van der Waals surface area contributed by atoms with Gasteiger partial charge in [0.15, 0.2) is 0 Å². The fraction of sp³-hybridized carbons (Fsp3) is 1.00. The first-order valence-electron chi connectivity index (χ1n) is 7.61. The van der Waals surface area contributed by atoms with Crippen LogP contribution in [0.1, 0.15) is 51.9 Å². The molecule has 0 aromatic heterocycles. The van der Waals surface area contributed by atoms with Gasteiger partial charge in [-0.25, -0.2) is 0 Å². The topological polar surface area (TPSA) is 15.3 Å². The maximum Gasteiger partial charge on any atom is 0.00502 e. The van der Waals surface area contributed by atoms with Gasteiger partial charge >= 0.3 is 0 Å². The summed E-state index contributed by atoms with van der Waals surface area (Å²) in [6.45, 7) is 7.70. The fourth-order valence-electron chi connectivity index (χ4n) is 4.10. The van der Waals surface area contributed by atoms with E-state index in [4.69, 9.17) is 0 Å². The molecule has 2 nitrogen and oxygen atoms in total. The third kappa shape index (κ3) is 3.69. The van der Waals surface area contributed by atoms with Crippen LogP contribution in [0.2, 0.25) is 0 Å². The molecule has 17 heavy (non-hydrogen) atoms. The summed E-state index contributed by atoms with van der Waals surface area (Å²) >= 11 is 0. The Kier molecular flexibility index (Phi) is 4.87. The molecule has 0 amide bonds. The summed E-state index contributed by atoms with van der Waals surface area (Å²) in [6.07, 6.45) is 10.1. The van der Waals surface area contributed by atoms with Crippen molar-refractivity contribution in [3.63, 3.8) is 0 Å². The molecule has 2 aliphatic rings. The van der Waals surface area contributed by atoms with Gasteiger partial charge < -0.3 is 10.2 Å². The molecule has 0 radical (unpaired) electrons. The Morgan fingerprint density at radius 1 is 1.18 bits per heavy atom. The lowest BCUT2D eigenvalue weighted by atomic mass is 9.69. The van der Waals surface area contributed by atoms with Gasteiger partial charge in [0.25, 0.3) is 0 Å². The highest BCUT2D eigenvalue weighted by Crippen LogP contribution is 2.39. The van der Waals surface area contributed by atoms with Crippen molar-refractivity contribution < 1.29 is 0 Å². The zero-order valence-corrected chi connectivity index (χ0v) is 11.8. The summed E-state index contributed by atoms with van der Waals surface area (Å²) in [5, 5.41) is 3.46. The van der Waals surface area contributed by atoms with Crippen LogP contribution >= 0.6 is 0 Å². The molecule has 2 heteroatoms. The Labute approximate surface area is 107 Å². The zero-order valence-electron chi connectivity index (χ0n) is 11.8. The van der Waals surface area contributed by atoms with Crippen LogP contribution < -0.4 is 5.32 Å². The van der Waals surface area contributed by atoms with Crippen LogP contribution in [-0.2, 0) is 0 Å². The number of nitrogens with one attached hydrogen (secondary N) is 1. The summed E-state index contributed by atoms with van der Waals surface area (Å²) in [6, 6.07) is 0. The number of nitrogens with zero attached hydrogens (tertiary/aromatic N) is 1. The minimum absolute atomic E-state index is 0.573. The van der Waals surface area contributed by atoms with Crippen molar-refractivity contribution >= 4 is 0 Å². The molecule has 1 saturated heterocycles. The molecule has 0 bridgehead atoms. The molecule has 0 aromatic carbocycles. The van der Waals surface area contributed by atoms with E-state index in [0.717, 1.165) is 5.92 Å². The Morgan fingerprint density at radius 2 is 1.94 bits per heavy atom. The molecule has 100 valence electrons. The van der Waals surface area contributed by atoms with Crippen molar-refractivity contribution in [3.05, 3.63) is 0 Å². The summed E-state index contributed by atoms with van der Waals surface area (Å²) in [5.74, 6) is 0.932. The average molecular weight is 238 g/mol. The van der Waals surface area contributed by atoms with Crippen molar-refractivity contribution in [1.29, 1.82) is 0 Å². The molecule has 1 saturated carbocycles. The molecule has 0 aromatic rings. The third-order valence-electron chi connectivity index (χ3n) is 4.74. The maximum atomic E-state index is 3.46. The predicted molar refractivity (Wildman–Crippen MR) is 74.3 cm³/mol. The molecular weight excluding hydrogens is 208 g/mol. The second-order valence-corrected chi connectivity index (χ2v) is 6.57. The standard InChI is InChI=1S/C15H30N2/c1-14-7-6-8-15(11-14,12-16-2)13-17-9-4-3-5-10-17/h14,16H,3-13H2,1-2H3. The van der Waals surface area contributed by atoms with Crippen LogP contribution in [0.25, 0.3) is 0 Å². The first-order chi connectivity index (χ1) is 8.24. The second-order valence-electron chi connectivity index (χ2n) is 6.57. The minimum Gasteiger partial charge on any atom is -0.319 e. The van der Waals surface area contributed by atoms with Crippen molar-refractivity contribution in [2.24, 2.45) is 11.3 Å². The monoisotopic (exact) mass is 238 g/mol.